The van der Waals surface area contributed by atoms with E-state index in [0.29, 0.717) is 6.20 Å². The molecule has 1 aliphatic rings. The van der Waals surface area contributed by atoms with Gasteiger partial charge in [-0.25, -0.2) is 0 Å². The fraction of sp³-hybridized carbons (Fsp3) is 0.263. The molecule has 1 aromatic heterocycles. The van der Waals surface area contributed by atoms with Crippen LogP contribution < -0.4 is 5.01 Å². The van der Waals surface area contributed by atoms with Gasteiger partial charge in [0.1, 0.15) is 0 Å². The molecule has 138 valence electrons. The molecule has 0 fully saturated rings. The van der Waals surface area contributed by atoms with Crippen LogP contribution in [0.15, 0.2) is 47.7 Å². The van der Waals surface area contributed by atoms with Crippen molar-refractivity contribution in [1.29, 1.82) is 5.26 Å². The maximum absolute atomic E-state index is 12.6. The van der Waals surface area contributed by atoms with Gasteiger partial charge in [-0.3, -0.25) is 14.8 Å². The molecule has 8 heteroatoms. The van der Waals surface area contributed by atoms with E-state index in [4.69, 9.17) is 0 Å². The van der Waals surface area contributed by atoms with Crippen LogP contribution in [0.5, 0.6) is 0 Å². The Kier molecular flexibility index (Phi) is 4.95. The maximum Gasteiger partial charge on any atom is 0.417 e. The number of carbonyl (C=O) groups excluding carboxylic acids is 1. The minimum Gasteiger partial charge on any atom is -0.292 e. The second-order valence-electron chi connectivity index (χ2n) is 6.15. The molecule has 3 rings (SSSR count). The van der Waals surface area contributed by atoms with Gasteiger partial charge in [0, 0.05) is 30.4 Å². The molecule has 5 nitrogen and oxygen atoms in total. The van der Waals surface area contributed by atoms with Crippen molar-refractivity contribution in [3.8, 4) is 6.07 Å². The Bertz CT molecular complexity index is 912. The smallest absolute Gasteiger partial charge is 0.292 e. The number of nitrogens with zero attached hydrogens (tertiary/aromatic N) is 4. The van der Waals surface area contributed by atoms with Crippen molar-refractivity contribution < 1.29 is 18.0 Å². The van der Waals surface area contributed by atoms with Crippen LogP contribution in [0.3, 0.4) is 0 Å². The van der Waals surface area contributed by atoms with Gasteiger partial charge in [-0.1, -0.05) is 0 Å². The minimum atomic E-state index is -4.52. The summed E-state index contributed by atoms with van der Waals surface area (Å²) in [5, 5.41) is 15.5. The lowest BCUT2D eigenvalue weighted by molar-refractivity contribution is -0.137. The lowest BCUT2D eigenvalue weighted by atomic mass is 9.95. The summed E-state index contributed by atoms with van der Waals surface area (Å²) in [6.07, 6.45) is -3.02. The van der Waals surface area contributed by atoms with Crippen molar-refractivity contribution in [2.45, 2.75) is 25.4 Å². The van der Waals surface area contributed by atoms with Gasteiger partial charge in [0.05, 0.1) is 23.0 Å². The highest BCUT2D eigenvalue weighted by molar-refractivity contribution is 6.02. The van der Waals surface area contributed by atoms with Crippen LogP contribution in [0.25, 0.3) is 0 Å². The van der Waals surface area contributed by atoms with Crippen LogP contribution >= 0.6 is 0 Å². The average Bonchev–Trinajstić information content (AvgIpc) is 3.08. The highest BCUT2D eigenvalue weighted by atomic mass is 19.4. The fourth-order valence-corrected chi connectivity index (χ4v) is 2.73. The third kappa shape index (κ3) is 3.97. The number of hydrogen-bond acceptors (Lipinski definition) is 5. The summed E-state index contributed by atoms with van der Waals surface area (Å²) in [5.41, 5.74) is 1.19. The van der Waals surface area contributed by atoms with Gasteiger partial charge in [-0.05, 0) is 43.3 Å². The van der Waals surface area contributed by atoms with Crippen LogP contribution in [-0.4, -0.2) is 23.0 Å². The number of halogens is 3. The van der Waals surface area contributed by atoms with Gasteiger partial charge in [0.25, 0.3) is 0 Å². The molecule has 0 unspecified atom stereocenters. The Labute approximate surface area is 153 Å². The van der Waals surface area contributed by atoms with Gasteiger partial charge in [0.2, 0.25) is 0 Å². The molecular formula is C19H15F3N4O. The normalized spacial score (nSPS) is 15.2. The number of hydrazone groups is 1. The molecule has 0 saturated heterocycles. The van der Waals surface area contributed by atoms with Crippen LogP contribution in [0.1, 0.15) is 40.9 Å². The van der Waals surface area contributed by atoms with E-state index in [1.807, 2.05) is 18.0 Å². The molecule has 0 amide bonds. The number of anilines is 1. The Balaban J connectivity index is 1.80. The third-order valence-electron chi connectivity index (χ3n) is 4.23. The van der Waals surface area contributed by atoms with Gasteiger partial charge >= 0.3 is 6.18 Å². The number of alkyl halides is 3. The molecular weight excluding hydrogens is 357 g/mol. The summed E-state index contributed by atoms with van der Waals surface area (Å²) in [4.78, 5) is 16.3. The molecule has 0 radical (unpaired) electrons. The largest absolute Gasteiger partial charge is 0.417 e. The SMILES string of the molecule is CC1=NN(c2ccc(C(=O)[C@@H](C#N)c3ccc(C(F)(F)F)cn3)cc2)CC1. The molecule has 1 atom stereocenters. The number of rotatable bonds is 4. The molecule has 2 heterocycles. The highest BCUT2D eigenvalue weighted by Gasteiger charge is 2.31. The maximum atomic E-state index is 12.6. The zero-order chi connectivity index (χ0) is 19.6. The number of pyridine rings is 1. The van der Waals surface area contributed by atoms with Crippen molar-refractivity contribution in [3.05, 3.63) is 59.4 Å². The monoisotopic (exact) mass is 372 g/mol. The first-order valence-corrected chi connectivity index (χ1v) is 8.18. The Morgan fingerprint density at radius 3 is 2.41 bits per heavy atom. The summed E-state index contributed by atoms with van der Waals surface area (Å²) < 4.78 is 37.9. The molecule has 0 aliphatic carbocycles. The first-order valence-electron chi connectivity index (χ1n) is 8.18. The number of hydrogen-bond donors (Lipinski definition) is 0. The van der Waals surface area contributed by atoms with E-state index in [0.717, 1.165) is 36.5 Å². The number of Topliss-reactive ketones (excluding diaryl/α,β-unsaturated/α-hetero) is 1. The molecule has 0 N–H and O–H groups in total. The van der Waals surface area contributed by atoms with Gasteiger partial charge in [-0.2, -0.15) is 23.5 Å². The van der Waals surface area contributed by atoms with E-state index in [9.17, 15) is 23.2 Å². The Morgan fingerprint density at radius 2 is 1.93 bits per heavy atom. The van der Waals surface area contributed by atoms with Crippen molar-refractivity contribution in [2.75, 3.05) is 11.6 Å². The van der Waals surface area contributed by atoms with E-state index in [1.54, 1.807) is 24.3 Å². The highest BCUT2D eigenvalue weighted by Crippen LogP contribution is 2.30. The second-order valence-corrected chi connectivity index (χ2v) is 6.15. The summed E-state index contributed by atoms with van der Waals surface area (Å²) in [5.74, 6) is -1.79. The fourth-order valence-electron chi connectivity index (χ4n) is 2.73. The average molecular weight is 372 g/mol. The van der Waals surface area contributed by atoms with E-state index >= 15 is 0 Å². The van der Waals surface area contributed by atoms with Crippen LogP contribution in [0.2, 0.25) is 0 Å². The minimum absolute atomic E-state index is 0.0145. The third-order valence-corrected chi connectivity index (χ3v) is 4.23. The molecule has 0 bridgehead atoms. The second kappa shape index (κ2) is 7.19. The zero-order valence-corrected chi connectivity index (χ0v) is 14.4. The lowest BCUT2D eigenvalue weighted by Crippen LogP contribution is -2.15. The molecule has 0 spiro atoms. The van der Waals surface area contributed by atoms with Crippen LogP contribution in [0.4, 0.5) is 18.9 Å². The summed E-state index contributed by atoms with van der Waals surface area (Å²) in [6.45, 7) is 2.70. The van der Waals surface area contributed by atoms with E-state index in [2.05, 4.69) is 10.1 Å². The molecule has 1 aliphatic heterocycles. The summed E-state index contributed by atoms with van der Waals surface area (Å²) >= 11 is 0. The van der Waals surface area contributed by atoms with E-state index < -0.39 is 23.4 Å². The van der Waals surface area contributed by atoms with Crippen molar-refractivity contribution in [1.82, 2.24) is 4.98 Å². The first-order chi connectivity index (χ1) is 12.8. The lowest BCUT2D eigenvalue weighted by Gasteiger charge is -2.14. The van der Waals surface area contributed by atoms with Crippen LogP contribution in [0, 0.1) is 11.3 Å². The number of aromatic nitrogens is 1. The van der Waals surface area contributed by atoms with E-state index in [1.165, 1.54) is 0 Å². The Morgan fingerprint density at radius 1 is 1.22 bits per heavy atom. The van der Waals surface area contributed by atoms with Crippen molar-refractivity contribution >= 4 is 17.2 Å². The van der Waals surface area contributed by atoms with Gasteiger partial charge < -0.3 is 0 Å². The van der Waals surface area contributed by atoms with Crippen molar-refractivity contribution in [2.24, 2.45) is 5.10 Å². The summed E-state index contributed by atoms with van der Waals surface area (Å²) in [6, 6.07) is 10.3. The molecule has 2 aromatic rings. The molecule has 1 aromatic carbocycles. The standard InChI is InChI=1S/C19H15F3N4O/c1-12-8-9-26(25-12)15-5-2-13(3-6-15)18(27)16(10-23)17-7-4-14(11-24-17)19(20,21)22/h2-7,11,16H,8-9H2,1H3/t16-/m0/s1. The predicted molar refractivity (Wildman–Crippen MR) is 93.4 cm³/mol. The number of benzene rings is 1. The first kappa shape index (κ1) is 18.6. The quantitative estimate of drug-likeness (QED) is 0.755. The van der Waals surface area contributed by atoms with Crippen molar-refractivity contribution in [3.63, 3.8) is 0 Å². The number of nitriles is 1. The van der Waals surface area contributed by atoms with Crippen LogP contribution in [-0.2, 0) is 6.18 Å². The topological polar surface area (TPSA) is 69.3 Å². The summed E-state index contributed by atoms with van der Waals surface area (Å²) in [7, 11) is 0. The zero-order valence-electron chi connectivity index (χ0n) is 14.4. The predicted octanol–water partition coefficient (Wildman–Crippen LogP) is 4.18. The van der Waals surface area contributed by atoms with Gasteiger partial charge in [-0.15, -0.1) is 0 Å². The molecule has 0 saturated carbocycles. The molecule has 27 heavy (non-hydrogen) atoms. The Hall–Kier alpha value is -3.21. The van der Waals surface area contributed by atoms with Gasteiger partial charge in [0.15, 0.2) is 11.7 Å². The number of ketones is 1. The van der Waals surface area contributed by atoms with E-state index in [-0.39, 0.29) is 11.3 Å². The number of carbonyl (C=O) groups is 1.